The van der Waals surface area contributed by atoms with Gasteiger partial charge in [-0.3, -0.25) is 9.59 Å². The van der Waals surface area contributed by atoms with Crippen molar-refractivity contribution < 1.29 is 24.2 Å². The van der Waals surface area contributed by atoms with Crippen molar-refractivity contribution in [3.05, 3.63) is 23.9 Å². The Hall–Kier alpha value is -2.64. The zero-order valence-corrected chi connectivity index (χ0v) is 10.1. The fourth-order valence-electron chi connectivity index (χ4n) is 1.28. The van der Waals surface area contributed by atoms with Crippen molar-refractivity contribution in [1.29, 1.82) is 0 Å². The van der Waals surface area contributed by atoms with Gasteiger partial charge in [-0.05, 0) is 6.07 Å². The summed E-state index contributed by atoms with van der Waals surface area (Å²) in [5, 5.41) is 11.0. The zero-order valence-electron chi connectivity index (χ0n) is 10.1. The molecule has 0 radical (unpaired) electrons. The van der Waals surface area contributed by atoms with E-state index < -0.39 is 30.2 Å². The van der Waals surface area contributed by atoms with Gasteiger partial charge in [0.05, 0.1) is 19.1 Å². The molecule has 0 saturated heterocycles. The summed E-state index contributed by atoms with van der Waals surface area (Å²) < 4.78 is 4.82. The van der Waals surface area contributed by atoms with Crippen LogP contribution in [-0.2, 0) is 9.59 Å². The summed E-state index contributed by atoms with van der Waals surface area (Å²) in [6.45, 7) is 0. The number of hydrogen-bond donors (Lipinski definition) is 3. The van der Waals surface area contributed by atoms with Gasteiger partial charge in [-0.25, -0.2) is 9.78 Å². The summed E-state index contributed by atoms with van der Waals surface area (Å²) in [6, 6.07) is 1.51. The van der Waals surface area contributed by atoms with Crippen molar-refractivity contribution in [2.24, 2.45) is 5.73 Å². The van der Waals surface area contributed by atoms with E-state index in [0.29, 0.717) is 5.88 Å². The fourth-order valence-corrected chi connectivity index (χ4v) is 1.28. The van der Waals surface area contributed by atoms with E-state index in [1.165, 1.54) is 25.4 Å². The molecule has 19 heavy (non-hydrogen) atoms. The number of aromatic nitrogens is 1. The number of rotatable bonds is 6. The Morgan fingerprint density at radius 3 is 2.58 bits per heavy atom. The maximum absolute atomic E-state index is 11.7. The molecule has 8 heteroatoms. The summed E-state index contributed by atoms with van der Waals surface area (Å²) in [5.41, 5.74) is 5.05. The quantitative estimate of drug-likeness (QED) is 0.615. The summed E-state index contributed by atoms with van der Waals surface area (Å²) in [4.78, 5) is 37.1. The number of carboxylic acid groups (broad SMARTS) is 1. The van der Waals surface area contributed by atoms with E-state index in [9.17, 15) is 14.4 Å². The Balaban J connectivity index is 2.75. The Bertz CT molecular complexity index is 486. The first-order chi connectivity index (χ1) is 8.93. The van der Waals surface area contributed by atoms with Gasteiger partial charge in [0, 0.05) is 12.3 Å². The number of carbonyl (C=O) groups excluding carboxylic acids is 2. The number of carboxylic acids is 1. The van der Waals surface area contributed by atoms with Crippen molar-refractivity contribution >= 4 is 17.8 Å². The van der Waals surface area contributed by atoms with E-state index in [1.54, 1.807) is 0 Å². The third-order valence-corrected chi connectivity index (χ3v) is 2.22. The van der Waals surface area contributed by atoms with E-state index in [-0.39, 0.29) is 5.56 Å². The third kappa shape index (κ3) is 4.26. The van der Waals surface area contributed by atoms with Crippen LogP contribution in [0.5, 0.6) is 5.88 Å². The van der Waals surface area contributed by atoms with E-state index >= 15 is 0 Å². The predicted octanol–water partition coefficient (Wildman–Crippen LogP) is -0.851. The smallest absolute Gasteiger partial charge is 0.326 e. The first kappa shape index (κ1) is 14.4. The summed E-state index contributed by atoms with van der Waals surface area (Å²) in [6.07, 6.45) is 0.752. The molecule has 4 N–H and O–H groups in total. The maximum atomic E-state index is 11.7. The second kappa shape index (κ2) is 6.34. The lowest BCUT2D eigenvalue weighted by atomic mass is 10.2. The number of hydrogen-bond acceptors (Lipinski definition) is 5. The maximum Gasteiger partial charge on any atom is 0.326 e. The normalized spacial score (nSPS) is 11.4. The number of methoxy groups -OCH3 is 1. The molecule has 2 amide bonds. The van der Waals surface area contributed by atoms with Crippen LogP contribution in [0.2, 0.25) is 0 Å². The highest BCUT2D eigenvalue weighted by Crippen LogP contribution is 2.07. The molecule has 0 spiro atoms. The first-order valence-electron chi connectivity index (χ1n) is 5.26. The van der Waals surface area contributed by atoms with Gasteiger partial charge in [-0.1, -0.05) is 0 Å². The molecule has 1 aromatic rings. The van der Waals surface area contributed by atoms with Gasteiger partial charge in [0.25, 0.3) is 5.91 Å². The third-order valence-electron chi connectivity index (χ3n) is 2.22. The molecule has 0 aliphatic carbocycles. The van der Waals surface area contributed by atoms with Crippen molar-refractivity contribution in [2.45, 2.75) is 12.5 Å². The molecular weight excluding hydrogens is 254 g/mol. The molecule has 0 saturated carbocycles. The first-order valence-corrected chi connectivity index (χ1v) is 5.26. The van der Waals surface area contributed by atoms with Gasteiger partial charge in [-0.2, -0.15) is 0 Å². The molecule has 0 aliphatic rings. The molecular formula is C11H13N3O5. The fraction of sp³-hybridized carbons (Fsp3) is 0.273. The highest BCUT2D eigenvalue weighted by Gasteiger charge is 2.22. The largest absolute Gasteiger partial charge is 0.481 e. The van der Waals surface area contributed by atoms with Gasteiger partial charge in [0.1, 0.15) is 6.04 Å². The monoisotopic (exact) mass is 267 g/mol. The average Bonchev–Trinajstić information content (AvgIpc) is 2.37. The molecule has 1 aromatic heterocycles. The topological polar surface area (TPSA) is 132 Å². The van der Waals surface area contributed by atoms with Gasteiger partial charge in [0.15, 0.2) is 0 Å². The highest BCUT2D eigenvalue weighted by atomic mass is 16.5. The minimum atomic E-state index is -1.37. The van der Waals surface area contributed by atoms with Crippen molar-refractivity contribution in [2.75, 3.05) is 7.11 Å². The molecule has 102 valence electrons. The predicted molar refractivity (Wildman–Crippen MR) is 63.5 cm³/mol. The van der Waals surface area contributed by atoms with Gasteiger partial charge < -0.3 is 20.9 Å². The molecule has 1 atom stereocenters. The van der Waals surface area contributed by atoms with Crippen molar-refractivity contribution in [3.63, 3.8) is 0 Å². The van der Waals surface area contributed by atoms with E-state index in [2.05, 4.69) is 10.3 Å². The Morgan fingerprint density at radius 2 is 2.16 bits per heavy atom. The number of carbonyl (C=O) groups is 3. The number of nitrogens with two attached hydrogens (primary N) is 1. The summed E-state index contributed by atoms with van der Waals surface area (Å²) >= 11 is 0. The van der Waals surface area contributed by atoms with Gasteiger partial charge in [-0.15, -0.1) is 0 Å². The van der Waals surface area contributed by atoms with Crippen LogP contribution in [0.1, 0.15) is 16.8 Å². The second-order valence-electron chi connectivity index (χ2n) is 3.62. The lowest BCUT2D eigenvalue weighted by molar-refractivity contribution is -0.140. The average molecular weight is 267 g/mol. The van der Waals surface area contributed by atoms with Crippen LogP contribution in [0.3, 0.4) is 0 Å². The Morgan fingerprint density at radius 1 is 1.47 bits per heavy atom. The van der Waals surface area contributed by atoms with E-state index in [0.717, 1.165) is 0 Å². The van der Waals surface area contributed by atoms with Crippen LogP contribution in [0.15, 0.2) is 18.3 Å². The number of aliphatic carboxylic acids is 1. The van der Waals surface area contributed by atoms with Crippen LogP contribution in [0, 0.1) is 0 Å². The number of primary amides is 1. The molecule has 0 aromatic carbocycles. The van der Waals surface area contributed by atoms with Crippen LogP contribution >= 0.6 is 0 Å². The summed E-state index contributed by atoms with van der Waals surface area (Å²) in [5.74, 6) is -2.50. The van der Waals surface area contributed by atoms with Crippen LogP contribution in [0.25, 0.3) is 0 Å². The molecule has 8 nitrogen and oxygen atoms in total. The minimum absolute atomic E-state index is 0.150. The van der Waals surface area contributed by atoms with Crippen molar-refractivity contribution in [3.8, 4) is 5.88 Å². The van der Waals surface area contributed by atoms with Crippen molar-refractivity contribution in [1.82, 2.24) is 10.3 Å². The standard InChI is InChI=1S/C11H13N3O5/c1-19-9-3-2-6(5-13-9)10(16)14-7(11(17)18)4-8(12)15/h2-3,5,7H,4H2,1H3,(H2,12,15)(H,14,16)(H,17,18). The van der Waals surface area contributed by atoms with Crippen LogP contribution in [0.4, 0.5) is 0 Å². The van der Waals surface area contributed by atoms with Crippen LogP contribution in [-0.4, -0.2) is 41.0 Å². The lowest BCUT2D eigenvalue weighted by Gasteiger charge is -2.12. The second-order valence-corrected chi connectivity index (χ2v) is 3.62. The molecule has 1 heterocycles. The number of nitrogens with zero attached hydrogens (tertiary/aromatic N) is 1. The Labute approximate surface area is 108 Å². The lowest BCUT2D eigenvalue weighted by Crippen LogP contribution is -2.43. The number of amides is 2. The van der Waals surface area contributed by atoms with Crippen LogP contribution < -0.4 is 15.8 Å². The highest BCUT2D eigenvalue weighted by molar-refractivity contribution is 5.97. The molecule has 0 bridgehead atoms. The van der Waals surface area contributed by atoms with Gasteiger partial charge >= 0.3 is 5.97 Å². The Kier molecular flexibility index (Phi) is 4.81. The number of nitrogens with one attached hydrogen (secondary N) is 1. The number of ether oxygens (including phenoxy) is 1. The molecule has 0 fully saturated rings. The minimum Gasteiger partial charge on any atom is -0.481 e. The molecule has 1 rings (SSSR count). The van der Waals surface area contributed by atoms with E-state index in [4.69, 9.17) is 15.6 Å². The van der Waals surface area contributed by atoms with E-state index in [1.807, 2.05) is 0 Å². The molecule has 0 aliphatic heterocycles. The molecule has 1 unspecified atom stereocenters. The van der Waals surface area contributed by atoms with Gasteiger partial charge in [0.2, 0.25) is 11.8 Å². The number of pyridine rings is 1. The summed E-state index contributed by atoms with van der Waals surface area (Å²) in [7, 11) is 1.43. The zero-order chi connectivity index (χ0) is 14.4. The SMILES string of the molecule is COc1ccc(C(=O)NC(CC(N)=O)C(=O)O)cn1.